The summed E-state index contributed by atoms with van der Waals surface area (Å²) in [4.78, 5) is 24.1. The molecule has 6 heteroatoms. The van der Waals surface area contributed by atoms with Gasteiger partial charge in [-0.05, 0) is 12.8 Å². The van der Waals surface area contributed by atoms with E-state index in [1.807, 2.05) is 13.8 Å². The van der Waals surface area contributed by atoms with E-state index in [0.717, 1.165) is 0 Å². The minimum absolute atomic E-state index is 0.0408. The molecule has 0 aliphatic carbocycles. The number of Topliss-reactive ketones (excluding diaryl/α,β-unsaturated/α-hetero) is 2. The van der Waals surface area contributed by atoms with Crippen LogP contribution < -0.4 is 4.74 Å². The molecule has 0 aromatic heterocycles. The molecule has 1 aromatic carbocycles. The number of ether oxygens (including phenoxy) is 1. The molecule has 0 saturated carbocycles. The van der Waals surface area contributed by atoms with Gasteiger partial charge in [0.2, 0.25) is 5.79 Å². The Balaban J connectivity index is 2.73. The van der Waals surface area contributed by atoms with Crippen LogP contribution in [0, 0.1) is 5.92 Å². The summed E-state index contributed by atoms with van der Waals surface area (Å²) in [6, 6.07) is 0. The molecule has 2 rings (SSSR count). The van der Waals surface area contributed by atoms with E-state index < -0.39 is 28.9 Å². The molecule has 1 unspecified atom stereocenters. The van der Waals surface area contributed by atoms with Gasteiger partial charge in [-0.25, -0.2) is 0 Å². The van der Waals surface area contributed by atoms with E-state index in [4.69, 9.17) is 4.74 Å². The molecule has 1 atom stereocenters. The fourth-order valence-electron chi connectivity index (χ4n) is 2.68. The van der Waals surface area contributed by atoms with Crippen molar-refractivity contribution in [1.82, 2.24) is 0 Å². The number of fused-ring (bicyclic) bond motifs is 1. The third kappa shape index (κ3) is 2.66. The smallest absolute Gasteiger partial charge is 0.209 e. The highest BCUT2D eigenvalue weighted by atomic mass is 16.6. The molecule has 0 radical (unpaired) electrons. The first-order valence-corrected chi connectivity index (χ1v) is 7.11. The molecule has 3 N–H and O–H groups in total. The third-order valence-corrected chi connectivity index (χ3v) is 3.55. The largest absolute Gasteiger partial charge is 0.507 e. The maximum atomic E-state index is 12.4. The van der Waals surface area contributed by atoms with Crippen molar-refractivity contribution >= 4 is 11.6 Å². The van der Waals surface area contributed by atoms with Crippen molar-refractivity contribution in [2.75, 3.05) is 0 Å². The van der Waals surface area contributed by atoms with Crippen LogP contribution in [0.4, 0.5) is 0 Å². The first-order chi connectivity index (χ1) is 10.0. The molecule has 1 heterocycles. The van der Waals surface area contributed by atoms with Crippen molar-refractivity contribution in [3.63, 3.8) is 0 Å². The molecular formula is C16H20O6. The molecule has 22 heavy (non-hydrogen) atoms. The molecule has 1 aromatic rings. The van der Waals surface area contributed by atoms with Gasteiger partial charge in [0.25, 0.3) is 0 Å². The van der Waals surface area contributed by atoms with Gasteiger partial charge in [-0.2, -0.15) is 0 Å². The molecule has 0 fully saturated rings. The van der Waals surface area contributed by atoms with Crippen LogP contribution in [0.5, 0.6) is 17.2 Å². The standard InChI is InChI=1S/C16H20O6/c1-7(2)5-10(18)12-14(20)11(8(3)17)13(19)9-6-16(4,21)22-15(9)12/h7,19-21H,5-6H2,1-4H3. The Hall–Kier alpha value is -2.08. The lowest BCUT2D eigenvalue weighted by Crippen LogP contribution is -2.29. The molecule has 0 bridgehead atoms. The van der Waals surface area contributed by atoms with Crippen LogP contribution in [-0.2, 0) is 6.42 Å². The van der Waals surface area contributed by atoms with Gasteiger partial charge in [0.05, 0.1) is 0 Å². The second kappa shape index (κ2) is 5.28. The molecule has 0 spiro atoms. The molecule has 0 amide bonds. The van der Waals surface area contributed by atoms with Gasteiger partial charge in [0.1, 0.15) is 28.4 Å². The Morgan fingerprint density at radius 1 is 1.23 bits per heavy atom. The Bertz CT molecular complexity index is 657. The Morgan fingerprint density at radius 2 is 1.82 bits per heavy atom. The summed E-state index contributed by atoms with van der Waals surface area (Å²) in [5, 5.41) is 30.5. The predicted molar refractivity (Wildman–Crippen MR) is 78.5 cm³/mol. The number of hydrogen-bond donors (Lipinski definition) is 3. The van der Waals surface area contributed by atoms with E-state index in [1.165, 1.54) is 13.8 Å². The van der Waals surface area contributed by atoms with Crippen molar-refractivity contribution in [2.45, 2.75) is 46.3 Å². The van der Waals surface area contributed by atoms with Gasteiger partial charge >= 0.3 is 0 Å². The summed E-state index contributed by atoms with van der Waals surface area (Å²) in [6.45, 7) is 6.26. The fourth-order valence-corrected chi connectivity index (χ4v) is 2.68. The minimum Gasteiger partial charge on any atom is -0.507 e. The number of aromatic hydroxyl groups is 2. The van der Waals surface area contributed by atoms with E-state index in [0.29, 0.717) is 0 Å². The maximum absolute atomic E-state index is 12.4. The lowest BCUT2D eigenvalue weighted by Gasteiger charge is -2.17. The number of ketones is 2. The number of carbonyl (C=O) groups excluding carboxylic acids is 2. The van der Waals surface area contributed by atoms with Crippen LogP contribution in [0.25, 0.3) is 0 Å². The molecule has 120 valence electrons. The summed E-state index contributed by atoms with van der Waals surface area (Å²) >= 11 is 0. The lowest BCUT2D eigenvalue weighted by molar-refractivity contribution is -0.104. The Kier molecular flexibility index (Phi) is 3.91. The van der Waals surface area contributed by atoms with E-state index in [1.54, 1.807) is 0 Å². The van der Waals surface area contributed by atoms with Crippen molar-refractivity contribution in [3.8, 4) is 17.2 Å². The first kappa shape index (κ1) is 16.3. The van der Waals surface area contributed by atoms with E-state index >= 15 is 0 Å². The normalized spacial score (nSPS) is 19.9. The van der Waals surface area contributed by atoms with E-state index in [9.17, 15) is 24.9 Å². The third-order valence-electron chi connectivity index (χ3n) is 3.55. The van der Waals surface area contributed by atoms with Crippen molar-refractivity contribution in [3.05, 3.63) is 16.7 Å². The van der Waals surface area contributed by atoms with Crippen LogP contribution in [0.15, 0.2) is 0 Å². The highest BCUT2D eigenvalue weighted by molar-refractivity contribution is 6.09. The summed E-state index contributed by atoms with van der Waals surface area (Å²) < 4.78 is 5.33. The zero-order valence-corrected chi connectivity index (χ0v) is 13.1. The number of hydrogen-bond acceptors (Lipinski definition) is 6. The second-order valence-corrected chi connectivity index (χ2v) is 6.29. The molecule has 0 saturated heterocycles. The molecule has 1 aliphatic rings. The van der Waals surface area contributed by atoms with Crippen LogP contribution in [-0.4, -0.2) is 32.7 Å². The van der Waals surface area contributed by atoms with Crippen LogP contribution in [0.2, 0.25) is 0 Å². The van der Waals surface area contributed by atoms with Crippen molar-refractivity contribution in [1.29, 1.82) is 0 Å². The summed E-state index contributed by atoms with van der Waals surface area (Å²) in [5.74, 6) is -3.61. The number of rotatable bonds is 4. The lowest BCUT2D eigenvalue weighted by atomic mass is 9.92. The second-order valence-electron chi connectivity index (χ2n) is 6.29. The van der Waals surface area contributed by atoms with Gasteiger partial charge in [0, 0.05) is 25.3 Å². The first-order valence-electron chi connectivity index (χ1n) is 7.11. The summed E-state index contributed by atoms with van der Waals surface area (Å²) in [7, 11) is 0. The Morgan fingerprint density at radius 3 is 2.32 bits per heavy atom. The molecule has 6 nitrogen and oxygen atoms in total. The average Bonchev–Trinajstić information content (AvgIpc) is 2.63. The minimum atomic E-state index is -1.60. The zero-order chi connectivity index (χ0) is 16.8. The average molecular weight is 308 g/mol. The summed E-state index contributed by atoms with van der Waals surface area (Å²) in [5.41, 5.74) is -0.295. The monoisotopic (exact) mass is 308 g/mol. The van der Waals surface area contributed by atoms with E-state index in [2.05, 4.69) is 0 Å². The number of phenols is 2. The van der Waals surface area contributed by atoms with Gasteiger partial charge in [-0.3, -0.25) is 9.59 Å². The van der Waals surface area contributed by atoms with Crippen LogP contribution >= 0.6 is 0 Å². The van der Waals surface area contributed by atoms with Crippen LogP contribution in [0.3, 0.4) is 0 Å². The number of aliphatic hydroxyl groups is 1. The number of carbonyl (C=O) groups is 2. The quantitative estimate of drug-likeness (QED) is 0.736. The van der Waals surface area contributed by atoms with Crippen LogP contribution in [0.1, 0.15) is 60.4 Å². The highest BCUT2D eigenvalue weighted by Crippen LogP contribution is 2.49. The Labute approximate surface area is 128 Å². The number of benzene rings is 1. The topological polar surface area (TPSA) is 104 Å². The fraction of sp³-hybridized carbons (Fsp3) is 0.500. The van der Waals surface area contributed by atoms with Gasteiger partial charge < -0.3 is 20.1 Å². The molecule has 1 aliphatic heterocycles. The summed E-state index contributed by atoms with van der Waals surface area (Å²) in [6.07, 6.45) is 0.0737. The predicted octanol–water partition coefficient (Wildman–Crippen LogP) is 2.17. The zero-order valence-electron chi connectivity index (χ0n) is 13.1. The number of phenolic OH excluding ortho intramolecular Hbond substituents is 2. The van der Waals surface area contributed by atoms with Crippen molar-refractivity contribution in [2.24, 2.45) is 5.92 Å². The SMILES string of the molecule is CC(=O)c1c(O)c2c(c(C(=O)CC(C)C)c1O)OC(C)(O)C2. The van der Waals surface area contributed by atoms with Gasteiger partial charge in [-0.1, -0.05) is 13.8 Å². The highest BCUT2D eigenvalue weighted by Gasteiger charge is 2.41. The van der Waals surface area contributed by atoms with Crippen molar-refractivity contribution < 1.29 is 29.6 Å². The van der Waals surface area contributed by atoms with E-state index in [-0.39, 0.29) is 41.2 Å². The van der Waals surface area contributed by atoms with Gasteiger partial charge in [-0.15, -0.1) is 0 Å². The maximum Gasteiger partial charge on any atom is 0.209 e. The van der Waals surface area contributed by atoms with Gasteiger partial charge in [0.15, 0.2) is 11.6 Å². The molecular weight excluding hydrogens is 288 g/mol.